The van der Waals surface area contributed by atoms with Crippen LogP contribution in [-0.2, 0) is 0 Å². The van der Waals surface area contributed by atoms with E-state index in [0.717, 1.165) is 12.0 Å². The van der Waals surface area contributed by atoms with Crippen molar-refractivity contribution in [1.82, 2.24) is 10.2 Å². The summed E-state index contributed by atoms with van der Waals surface area (Å²) < 4.78 is 0. The molecule has 0 bridgehead atoms. The number of likely N-dealkylation sites (N-methyl/N-ethyl adjacent to an activating group) is 1. The Kier molecular flexibility index (Phi) is 4.48. The van der Waals surface area contributed by atoms with Crippen LogP contribution in [0.3, 0.4) is 0 Å². The Balaban J connectivity index is 1.95. The Morgan fingerprint density at radius 1 is 1.18 bits per heavy atom. The van der Waals surface area contributed by atoms with E-state index in [1.807, 2.05) is 0 Å². The van der Waals surface area contributed by atoms with Crippen molar-refractivity contribution >= 4 is 0 Å². The van der Waals surface area contributed by atoms with Gasteiger partial charge in [0.05, 0.1) is 0 Å². The zero-order chi connectivity index (χ0) is 12.3. The van der Waals surface area contributed by atoms with Crippen molar-refractivity contribution < 1.29 is 0 Å². The van der Waals surface area contributed by atoms with Crippen LogP contribution in [0.25, 0.3) is 0 Å². The molecule has 1 saturated carbocycles. The van der Waals surface area contributed by atoms with Crippen LogP contribution in [-0.4, -0.2) is 36.1 Å². The maximum absolute atomic E-state index is 3.85. The fourth-order valence-electron chi connectivity index (χ4n) is 3.70. The molecule has 1 saturated heterocycles. The minimum Gasteiger partial charge on any atom is -0.311 e. The largest absolute Gasteiger partial charge is 0.311 e. The summed E-state index contributed by atoms with van der Waals surface area (Å²) in [6.07, 6.45) is 8.55. The standard InChI is InChI=1S/C15H30N2/c1-4-15(3)12-16-14(11-17(15)5-2)13-9-7-6-8-10-13/h13-14,16H,4-12H2,1-3H3. The highest BCUT2D eigenvalue weighted by Crippen LogP contribution is 2.31. The van der Waals surface area contributed by atoms with Crippen LogP contribution >= 0.6 is 0 Å². The molecule has 100 valence electrons. The topological polar surface area (TPSA) is 15.3 Å². The summed E-state index contributed by atoms with van der Waals surface area (Å²) in [7, 11) is 0. The lowest BCUT2D eigenvalue weighted by atomic mass is 9.81. The van der Waals surface area contributed by atoms with Crippen molar-refractivity contribution in [2.75, 3.05) is 19.6 Å². The van der Waals surface area contributed by atoms with Crippen LogP contribution in [0.5, 0.6) is 0 Å². The number of nitrogens with zero attached hydrogens (tertiary/aromatic N) is 1. The molecular weight excluding hydrogens is 208 g/mol. The molecular formula is C15H30N2. The van der Waals surface area contributed by atoms with Gasteiger partial charge >= 0.3 is 0 Å². The van der Waals surface area contributed by atoms with Gasteiger partial charge in [0.25, 0.3) is 0 Å². The molecule has 0 aromatic heterocycles. The van der Waals surface area contributed by atoms with Gasteiger partial charge < -0.3 is 5.32 Å². The minimum absolute atomic E-state index is 0.389. The molecule has 2 fully saturated rings. The number of nitrogens with one attached hydrogen (secondary N) is 1. The van der Waals surface area contributed by atoms with Gasteiger partial charge in [-0.2, -0.15) is 0 Å². The van der Waals surface area contributed by atoms with Crippen molar-refractivity contribution in [3.63, 3.8) is 0 Å². The molecule has 2 nitrogen and oxygen atoms in total. The lowest BCUT2D eigenvalue weighted by Crippen LogP contribution is -2.64. The minimum atomic E-state index is 0.389. The first kappa shape index (κ1) is 13.4. The summed E-state index contributed by atoms with van der Waals surface area (Å²) in [6, 6.07) is 0.759. The van der Waals surface area contributed by atoms with Gasteiger partial charge in [0.1, 0.15) is 0 Å². The number of rotatable bonds is 3. The first-order chi connectivity index (χ1) is 8.19. The first-order valence-corrected chi connectivity index (χ1v) is 7.68. The van der Waals surface area contributed by atoms with Crippen molar-refractivity contribution in [2.24, 2.45) is 5.92 Å². The summed E-state index contributed by atoms with van der Waals surface area (Å²) in [5.41, 5.74) is 0.389. The van der Waals surface area contributed by atoms with E-state index in [4.69, 9.17) is 0 Å². The summed E-state index contributed by atoms with van der Waals surface area (Å²) in [6.45, 7) is 10.7. The summed E-state index contributed by atoms with van der Waals surface area (Å²) in [5, 5.41) is 3.85. The molecule has 2 heteroatoms. The molecule has 1 aliphatic carbocycles. The van der Waals surface area contributed by atoms with Gasteiger partial charge in [0.2, 0.25) is 0 Å². The van der Waals surface area contributed by atoms with Crippen LogP contribution in [0.15, 0.2) is 0 Å². The third-order valence-corrected chi connectivity index (χ3v) is 5.29. The Hall–Kier alpha value is -0.0800. The Labute approximate surface area is 107 Å². The fraction of sp³-hybridized carbons (Fsp3) is 1.00. The van der Waals surface area contributed by atoms with Gasteiger partial charge in [-0.1, -0.05) is 33.1 Å². The average Bonchev–Trinajstić information content (AvgIpc) is 2.40. The van der Waals surface area contributed by atoms with Crippen LogP contribution in [0.2, 0.25) is 0 Å². The number of hydrogen-bond acceptors (Lipinski definition) is 2. The van der Waals surface area contributed by atoms with E-state index in [-0.39, 0.29) is 0 Å². The van der Waals surface area contributed by atoms with Crippen LogP contribution in [0.4, 0.5) is 0 Å². The maximum Gasteiger partial charge on any atom is 0.0303 e. The van der Waals surface area contributed by atoms with Crippen LogP contribution in [0, 0.1) is 5.92 Å². The summed E-state index contributed by atoms with van der Waals surface area (Å²) >= 11 is 0. The summed E-state index contributed by atoms with van der Waals surface area (Å²) in [4.78, 5) is 2.71. The molecule has 1 N–H and O–H groups in total. The highest BCUT2D eigenvalue weighted by Gasteiger charge is 2.37. The number of piperazine rings is 1. The smallest absolute Gasteiger partial charge is 0.0303 e. The van der Waals surface area contributed by atoms with Crippen molar-refractivity contribution in [3.8, 4) is 0 Å². The van der Waals surface area contributed by atoms with Gasteiger partial charge in [-0.25, -0.2) is 0 Å². The molecule has 0 aromatic rings. The zero-order valence-corrected chi connectivity index (χ0v) is 12.0. The molecule has 0 spiro atoms. The second-order valence-electron chi connectivity index (χ2n) is 6.27. The molecule has 2 atom stereocenters. The van der Waals surface area contributed by atoms with Gasteiger partial charge in [-0.05, 0) is 38.6 Å². The van der Waals surface area contributed by atoms with Crippen molar-refractivity contribution in [2.45, 2.75) is 70.9 Å². The van der Waals surface area contributed by atoms with E-state index in [1.54, 1.807) is 0 Å². The van der Waals surface area contributed by atoms with Crippen molar-refractivity contribution in [3.05, 3.63) is 0 Å². The highest BCUT2D eigenvalue weighted by atomic mass is 15.3. The first-order valence-electron chi connectivity index (χ1n) is 7.68. The second-order valence-corrected chi connectivity index (χ2v) is 6.27. The molecule has 2 rings (SSSR count). The second kappa shape index (κ2) is 5.71. The third kappa shape index (κ3) is 2.85. The SMILES string of the molecule is CCN1CC(C2CCCCC2)NCC1(C)CC. The molecule has 2 aliphatic rings. The molecule has 0 radical (unpaired) electrons. The van der Waals surface area contributed by atoms with Gasteiger partial charge in [0, 0.05) is 24.7 Å². The molecule has 2 unspecified atom stereocenters. The monoisotopic (exact) mass is 238 g/mol. The van der Waals surface area contributed by atoms with E-state index in [2.05, 4.69) is 31.0 Å². The predicted molar refractivity (Wildman–Crippen MR) is 74.3 cm³/mol. The highest BCUT2D eigenvalue weighted by molar-refractivity contribution is 4.96. The summed E-state index contributed by atoms with van der Waals surface area (Å²) in [5.74, 6) is 0.944. The van der Waals surface area contributed by atoms with E-state index >= 15 is 0 Å². The third-order valence-electron chi connectivity index (χ3n) is 5.29. The van der Waals surface area contributed by atoms with E-state index in [9.17, 15) is 0 Å². The van der Waals surface area contributed by atoms with E-state index in [1.165, 1.54) is 58.2 Å². The number of hydrogen-bond donors (Lipinski definition) is 1. The lowest BCUT2D eigenvalue weighted by Gasteiger charge is -2.49. The normalized spacial score (nSPS) is 37.2. The molecule has 0 aromatic carbocycles. The molecule has 1 aliphatic heterocycles. The quantitative estimate of drug-likeness (QED) is 0.813. The molecule has 1 heterocycles. The Morgan fingerprint density at radius 3 is 2.47 bits per heavy atom. The maximum atomic E-state index is 3.85. The Morgan fingerprint density at radius 2 is 1.88 bits per heavy atom. The zero-order valence-electron chi connectivity index (χ0n) is 12.0. The average molecular weight is 238 g/mol. The van der Waals surface area contributed by atoms with E-state index in [0.29, 0.717) is 5.54 Å². The van der Waals surface area contributed by atoms with Gasteiger partial charge in [0.15, 0.2) is 0 Å². The van der Waals surface area contributed by atoms with Crippen molar-refractivity contribution in [1.29, 1.82) is 0 Å². The molecule has 0 amide bonds. The molecule has 17 heavy (non-hydrogen) atoms. The van der Waals surface area contributed by atoms with Gasteiger partial charge in [-0.15, -0.1) is 0 Å². The fourth-order valence-corrected chi connectivity index (χ4v) is 3.70. The Bertz CT molecular complexity index is 235. The van der Waals surface area contributed by atoms with Crippen LogP contribution < -0.4 is 5.32 Å². The van der Waals surface area contributed by atoms with Gasteiger partial charge in [-0.3, -0.25) is 4.90 Å². The lowest BCUT2D eigenvalue weighted by molar-refractivity contribution is 0.0341. The van der Waals surface area contributed by atoms with E-state index < -0.39 is 0 Å². The predicted octanol–water partition coefficient (Wildman–Crippen LogP) is 3.03. The van der Waals surface area contributed by atoms with Crippen LogP contribution in [0.1, 0.15) is 59.3 Å².